The molecular formula is C11H12ClNO4. The van der Waals surface area contributed by atoms with Gasteiger partial charge in [0.1, 0.15) is 0 Å². The van der Waals surface area contributed by atoms with Crippen LogP contribution in [0.4, 0.5) is 5.69 Å². The van der Waals surface area contributed by atoms with Crippen molar-refractivity contribution >= 4 is 29.2 Å². The van der Waals surface area contributed by atoms with Gasteiger partial charge in [0.2, 0.25) is 0 Å². The molecule has 1 aromatic rings. The second-order valence-electron chi connectivity index (χ2n) is 3.12. The van der Waals surface area contributed by atoms with E-state index in [4.69, 9.17) is 22.1 Å². The van der Waals surface area contributed by atoms with Crippen LogP contribution in [0.2, 0.25) is 5.02 Å². The molecule has 6 heteroatoms. The number of hydrogen-bond acceptors (Lipinski definition) is 5. The van der Waals surface area contributed by atoms with E-state index in [2.05, 4.69) is 4.74 Å². The summed E-state index contributed by atoms with van der Waals surface area (Å²) in [5.74, 6) is -1.32. The molecular weight excluding hydrogens is 246 g/mol. The van der Waals surface area contributed by atoms with Gasteiger partial charge in [0.15, 0.2) is 6.61 Å². The minimum absolute atomic E-state index is 0.121. The van der Waals surface area contributed by atoms with Crippen molar-refractivity contribution in [2.75, 3.05) is 18.9 Å². The van der Waals surface area contributed by atoms with Crippen molar-refractivity contribution in [3.05, 3.63) is 28.8 Å². The fourth-order valence-electron chi connectivity index (χ4n) is 1.10. The summed E-state index contributed by atoms with van der Waals surface area (Å²) in [6.07, 6.45) is 0. The van der Waals surface area contributed by atoms with Crippen molar-refractivity contribution in [3.8, 4) is 0 Å². The van der Waals surface area contributed by atoms with Gasteiger partial charge in [-0.15, -0.1) is 0 Å². The number of halogens is 1. The number of carbonyl (C=O) groups is 2. The van der Waals surface area contributed by atoms with Crippen molar-refractivity contribution in [1.29, 1.82) is 0 Å². The quantitative estimate of drug-likeness (QED) is 0.655. The van der Waals surface area contributed by atoms with E-state index in [0.29, 0.717) is 5.69 Å². The molecule has 0 amide bonds. The summed E-state index contributed by atoms with van der Waals surface area (Å²) in [6, 6.07) is 4.43. The maximum atomic E-state index is 11.6. The molecule has 0 unspecified atom stereocenters. The van der Waals surface area contributed by atoms with Crippen LogP contribution in [0, 0.1) is 0 Å². The highest BCUT2D eigenvalue weighted by Crippen LogP contribution is 2.19. The molecule has 0 saturated carbocycles. The average molecular weight is 258 g/mol. The summed E-state index contributed by atoms with van der Waals surface area (Å²) < 4.78 is 9.33. The second kappa shape index (κ2) is 6.10. The van der Waals surface area contributed by atoms with Crippen LogP contribution < -0.4 is 5.73 Å². The lowest BCUT2D eigenvalue weighted by Crippen LogP contribution is -2.16. The van der Waals surface area contributed by atoms with Crippen molar-refractivity contribution in [2.24, 2.45) is 0 Å². The molecule has 0 bridgehead atoms. The van der Waals surface area contributed by atoms with Crippen LogP contribution in [0.15, 0.2) is 18.2 Å². The lowest BCUT2D eigenvalue weighted by atomic mass is 10.2. The topological polar surface area (TPSA) is 78.6 Å². The normalized spacial score (nSPS) is 9.76. The predicted molar refractivity (Wildman–Crippen MR) is 62.8 cm³/mol. The van der Waals surface area contributed by atoms with Crippen LogP contribution in [0.5, 0.6) is 0 Å². The molecule has 0 spiro atoms. The molecule has 0 fully saturated rings. The van der Waals surface area contributed by atoms with Gasteiger partial charge in [-0.3, -0.25) is 0 Å². The highest BCUT2D eigenvalue weighted by atomic mass is 35.5. The molecule has 0 heterocycles. The molecule has 0 saturated heterocycles. The molecule has 17 heavy (non-hydrogen) atoms. The monoisotopic (exact) mass is 257 g/mol. The summed E-state index contributed by atoms with van der Waals surface area (Å²) in [7, 11) is 0. The van der Waals surface area contributed by atoms with Gasteiger partial charge in [0, 0.05) is 5.69 Å². The Labute approximate surface area is 103 Å². The number of esters is 2. The molecule has 0 aromatic heterocycles. The number of ether oxygens (including phenoxy) is 2. The van der Waals surface area contributed by atoms with Gasteiger partial charge >= 0.3 is 11.9 Å². The standard InChI is InChI=1S/C11H12ClNO4/c1-2-16-10(14)6-17-11(15)8-5-7(13)3-4-9(8)12/h3-5H,2,6,13H2,1H3. The summed E-state index contributed by atoms with van der Waals surface area (Å²) in [5.41, 5.74) is 6.02. The Bertz CT molecular complexity index is 433. The average Bonchev–Trinajstić information content (AvgIpc) is 2.29. The third-order valence-corrected chi connectivity index (χ3v) is 2.17. The molecule has 2 N–H and O–H groups in total. The Morgan fingerprint density at radius 2 is 2.06 bits per heavy atom. The lowest BCUT2D eigenvalue weighted by Gasteiger charge is -2.06. The number of nitrogens with two attached hydrogens (primary N) is 1. The molecule has 1 aromatic carbocycles. The lowest BCUT2D eigenvalue weighted by molar-refractivity contribution is -0.146. The van der Waals surface area contributed by atoms with E-state index in [1.165, 1.54) is 12.1 Å². The number of rotatable bonds is 4. The number of hydrogen-bond donors (Lipinski definition) is 1. The van der Waals surface area contributed by atoms with Gasteiger partial charge < -0.3 is 15.2 Å². The zero-order valence-corrected chi connectivity index (χ0v) is 9.99. The second-order valence-corrected chi connectivity index (χ2v) is 3.53. The Morgan fingerprint density at radius 1 is 1.35 bits per heavy atom. The van der Waals surface area contributed by atoms with Crippen LogP contribution in [0.25, 0.3) is 0 Å². The largest absolute Gasteiger partial charge is 0.463 e. The first-order chi connectivity index (χ1) is 8.04. The van der Waals surface area contributed by atoms with Gasteiger partial charge in [0.25, 0.3) is 0 Å². The van der Waals surface area contributed by atoms with E-state index in [-0.39, 0.29) is 17.2 Å². The molecule has 1 rings (SSSR count). The van der Waals surface area contributed by atoms with E-state index in [1.54, 1.807) is 13.0 Å². The summed E-state index contributed by atoms with van der Waals surface area (Å²) in [5, 5.41) is 0.216. The van der Waals surface area contributed by atoms with E-state index in [9.17, 15) is 9.59 Å². The number of carbonyl (C=O) groups excluding carboxylic acids is 2. The molecule has 0 aliphatic carbocycles. The first kappa shape index (κ1) is 13.3. The molecule has 0 aliphatic rings. The summed E-state index contributed by atoms with van der Waals surface area (Å²) in [6.45, 7) is 1.45. The maximum Gasteiger partial charge on any atom is 0.344 e. The number of benzene rings is 1. The van der Waals surface area contributed by atoms with E-state index >= 15 is 0 Å². The SMILES string of the molecule is CCOC(=O)COC(=O)c1cc(N)ccc1Cl. The molecule has 0 atom stereocenters. The minimum atomic E-state index is -0.713. The molecule has 92 valence electrons. The smallest absolute Gasteiger partial charge is 0.344 e. The van der Waals surface area contributed by atoms with Crippen molar-refractivity contribution in [3.63, 3.8) is 0 Å². The van der Waals surface area contributed by atoms with E-state index < -0.39 is 18.5 Å². The van der Waals surface area contributed by atoms with Gasteiger partial charge in [-0.1, -0.05) is 11.6 Å². The summed E-state index contributed by atoms with van der Waals surface area (Å²) in [4.78, 5) is 22.5. The molecule has 0 radical (unpaired) electrons. The van der Waals surface area contributed by atoms with Crippen LogP contribution in [0.1, 0.15) is 17.3 Å². The Morgan fingerprint density at radius 3 is 2.71 bits per heavy atom. The first-order valence-electron chi connectivity index (χ1n) is 4.92. The van der Waals surface area contributed by atoms with E-state index in [0.717, 1.165) is 0 Å². The Balaban J connectivity index is 2.64. The molecule has 0 aliphatic heterocycles. The number of nitrogen functional groups attached to an aromatic ring is 1. The van der Waals surface area contributed by atoms with Gasteiger partial charge in [0.05, 0.1) is 17.2 Å². The minimum Gasteiger partial charge on any atom is -0.463 e. The van der Waals surface area contributed by atoms with Gasteiger partial charge in [-0.25, -0.2) is 9.59 Å². The molecule has 5 nitrogen and oxygen atoms in total. The van der Waals surface area contributed by atoms with Gasteiger partial charge in [-0.2, -0.15) is 0 Å². The Hall–Kier alpha value is -1.75. The highest BCUT2D eigenvalue weighted by molar-refractivity contribution is 6.33. The van der Waals surface area contributed by atoms with Crippen molar-refractivity contribution < 1.29 is 19.1 Å². The van der Waals surface area contributed by atoms with Crippen LogP contribution in [-0.2, 0) is 14.3 Å². The van der Waals surface area contributed by atoms with Crippen molar-refractivity contribution in [2.45, 2.75) is 6.92 Å². The van der Waals surface area contributed by atoms with Crippen LogP contribution in [0.3, 0.4) is 0 Å². The zero-order chi connectivity index (χ0) is 12.8. The van der Waals surface area contributed by atoms with Gasteiger partial charge in [-0.05, 0) is 25.1 Å². The zero-order valence-electron chi connectivity index (χ0n) is 9.23. The van der Waals surface area contributed by atoms with Crippen LogP contribution in [-0.4, -0.2) is 25.2 Å². The van der Waals surface area contributed by atoms with E-state index in [1.807, 2.05) is 0 Å². The Kier molecular flexibility index (Phi) is 4.78. The predicted octanol–water partition coefficient (Wildman–Crippen LogP) is 1.64. The number of anilines is 1. The first-order valence-corrected chi connectivity index (χ1v) is 5.30. The highest BCUT2D eigenvalue weighted by Gasteiger charge is 2.14. The maximum absolute atomic E-state index is 11.6. The third-order valence-electron chi connectivity index (χ3n) is 1.84. The third kappa shape index (κ3) is 3.96. The fraction of sp³-hybridized carbons (Fsp3) is 0.273. The summed E-state index contributed by atoms with van der Waals surface area (Å²) >= 11 is 5.79. The van der Waals surface area contributed by atoms with Crippen molar-refractivity contribution in [1.82, 2.24) is 0 Å². The fourth-order valence-corrected chi connectivity index (χ4v) is 1.30. The van der Waals surface area contributed by atoms with Crippen LogP contribution >= 0.6 is 11.6 Å².